The number of nitrogens with one attached hydrogen (secondary N) is 2. The lowest BCUT2D eigenvalue weighted by molar-refractivity contribution is 0.413. The summed E-state index contributed by atoms with van der Waals surface area (Å²) in [4.78, 5) is 21.2. The van der Waals surface area contributed by atoms with E-state index in [0.29, 0.717) is 22.8 Å². The Morgan fingerprint density at radius 2 is 1.76 bits per heavy atom. The molecule has 34 heavy (non-hydrogen) atoms. The van der Waals surface area contributed by atoms with Gasteiger partial charge < -0.3 is 9.72 Å². The van der Waals surface area contributed by atoms with Gasteiger partial charge in [-0.15, -0.1) is 0 Å². The van der Waals surface area contributed by atoms with E-state index in [1.807, 2.05) is 25.1 Å². The fraction of sp³-hybridized carbons (Fsp3) is 0.0800. The summed E-state index contributed by atoms with van der Waals surface area (Å²) in [5.74, 6) is 0.925. The van der Waals surface area contributed by atoms with Crippen LogP contribution in [0.1, 0.15) is 5.56 Å². The molecule has 8 nitrogen and oxygen atoms in total. The van der Waals surface area contributed by atoms with E-state index in [0.717, 1.165) is 44.4 Å². The van der Waals surface area contributed by atoms with Crippen LogP contribution in [-0.4, -0.2) is 42.2 Å². The quantitative estimate of drug-likeness (QED) is 0.387. The van der Waals surface area contributed by atoms with Crippen LogP contribution in [0.2, 0.25) is 0 Å². The first-order chi connectivity index (χ1) is 16.6. The number of fused-ring (bicyclic) bond motifs is 2. The van der Waals surface area contributed by atoms with E-state index in [4.69, 9.17) is 9.72 Å². The highest BCUT2D eigenvalue weighted by Gasteiger charge is 2.17. The molecule has 0 saturated carbocycles. The van der Waals surface area contributed by atoms with Crippen molar-refractivity contribution in [3.63, 3.8) is 0 Å². The minimum Gasteiger partial charge on any atom is -0.495 e. The van der Waals surface area contributed by atoms with Crippen LogP contribution in [0, 0.1) is 12.7 Å². The van der Waals surface area contributed by atoms with Gasteiger partial charge in [-0.1, -0.05) is 6.07 Å². The van der Waals surface area contributed by atoms with Crippen LogP contribution in [0.25, 0.3) is 55.8 Å². The molecule has 0 unspecified atom stereocenters. The number of ether oxygens (including phenoxy) is 1. The average molecular weight is 451 g/mol. The lowest BCUT2D eigenvalue weighted by atomic mass is 10.0. The summed E-state index contributed by atoms with van der Waals surface area (Å²) in [6, 6.07) is 8.71. The van der Waals surface area contributed by atoms with Crippen molar-refractivity contribution < 1.29 is 9.13 Å². The molecular formula is C25H18FN7O. The highest BCUT2D eigenvalue weighted by Crippen LogP contribution is 2.32. The average Bonchev–Trinajstić information content (AvgIpc) is 3.46. The minimum atomic E-state index is -0.298. The fourth-order valence-electron chi connectivity index (χ4n) is 4.07. The Bertz CT molecular complexity index is 1670. The summed E-state index contributed by atoms with van der Waals surface area (Å²) in [5.41, 5.74) is 6.69. The van der Waals surface area contributed by atoms with Crippen molar-refractivity contribution in [1.29, 1.82) is 0 Å². The van der Waals surface area contributed by atoms with Gasteiger partial charge in [0.25, 0.3) is 0 Å². The van der Waals surface area contributed by atoms with Gasteiger partial charge in [-0.3, -0.25) is 20.1 Å². The third-order valence-corrected chi connectivity index (χ3v) is 5.66. The number of rotatable bonds is 4. The molecule has 0 radical (unpaired) electrons. The molecule has 2 N–H and O–H groups in total. The van der Waals surface area contributed by atoms with Gasteiger partial charge in [0.2, 0.25) is 0 Å². The third-order valence-electron chi connectivity index (χ3n) is 5.66. The number of aromatic nitrogens is 7. The second-order valence-corrected chi connectivity index (χ2v) is 7.99. The maximum atomic E-state index is 14.1. The lowest BCUT2D eigenvalue weighted by Gasteiger charge is -2.04. The molecule has 0 saturated heterocycles. The monoisotopic (exact) mass is 451 g/mol. The van der Waals surface area contributed by atoms with Crippen molar-refractivity contribution in [2.45, 2.75) is 6.92 Å². The Hall–Kier alpha value is -4.66. The first-order valence-electron chi connectivity index (χ1n) is 10.5. The number of nitrogens with zero attached hydrogens (tertiary/aromatic N) is 5. The number of halogens is 1. The Morgan fingerprint density at radius 3 is 2.62 bits per heavy atom. The van der Waals surface area contributed by atoms with Crippen molar-refractivity contribution in [1.82, 2.24) is 35.1 Å². The summed E-state index contributed by atoms with van der Waals surface area (Å²) in [6.45, 7) is 1.86. The SMILES string of the molecule is COc1cncc(-c2cc3c(-c4nc5c(-c6cc(C)cc(F)c6)cncc5[nH]4)n[nH]c3cn2)c1. The predicted molar refractivity (Wildman–Crippen MR) is 127 cm³/mol. The van der Waals surface area contributed by atoms with Crippen molar-refractivity contribution in [2.75, 3.05) is 7.11 Å². The molecule has 1 aromatic carbocycles. The van der Waals surface area contributed by atoms with Gasteiger partial charge in [0, 0.05) is 28.9 Å². The van der Waals surface area contributed by atoms with Crippen LogP contribution >= 0.6 is 0 Å². The number of methoxy groups -OCH3 is 1. The molecule has 5 aromatic heterocycles. The van der Waals surface area contributed by atoms with Crippen molar-refractivity contribution in [2.24, 2.45) is 0 Å². The number of H-pyrrole nitrogens is 2. The molecule has 5 heterocycles. The molecule has 0 spiro atoms. The van der Waals surface area contributed by atoms with Crippen LogP contribution in [0.15, 0.2) is 61.3 Å². The summed E-state index contributed by atoms with van der Waals surface area (Å²) >= 11 is 0. The zero-order valence-electron chi connectivity index (χ0n) is 18.3. The summed E-state index contributed by atoms with van der Waals surface area (Å²) in [6.07, 6.45) is 8.50. The Labute approximate surface area is 192 Å². The Balaban J connectivity index is 1.49. The van der Waals surface area contributed by atoms with Crippen LogP contribution in [0.5, 0.6) is 5.75 Å². The highest BCUT2D eigenvalue weighted by molar-refractivity contribution is 5.97. The third kappa shape index (κ3) is 3.34. The van der Waals surface area contributed by atoms with E-state index in [1.165, 1.54) is 12.1 Å². The molecule has 9 heteroatoms. The maximum absolute atomic E-state index is 14.1. The zero-order valence-corrected chi connectivity index (χ0v) is 18.3. The number of aryl methyl sites for hydroxylation is 1. The van der Waals surface area contributed by atoms with Crippen LogP contribution < -0.4 is 4.74 Å². The van der Waals surface area contributed by atoms with E-state index in [2.05, 4.69) is 30.1 Å². The van der Waals surface area contributed by atoms with E-state index in [-0.39, 0.29) is 5.82 Å². The van der Waals surface area contributed by atoms with Gasteiger partial charge in [-0.25, -0.2) is 9.37 Å². The Morgan fingerprint density at radius 1 is 0.882 bits per heavy atom. The summed E-state index contributed by atoms with van der Waals surface area (Å²) in [7, 11) is 1.60. The second kappa shape index (κ2) is 7.73. The van der Waals surface area contributed by atoms with Crippen LogP contribution in [0.3, 0.4) is 0 Å². The molecule has 0 aliphatic carbocycles. The number of pyridine rings is 3. The van der Waals surface area contributed by atoms with Crippen molar-refractivity contribution >= 4 is 21.9 Å². The number of hydrogen-bond donors (Lipinski definition) is 2. The maximum Gasteiger partial charge on any atom is 0.159 e. The smallest absolute Gasteiger partial charge is 0.159 e. The van der Waals surface area contributed by atoms with E-state index in [9.17, 15) is 4.39 Å². The molecule has 0 amide bonds. The Kier molecular flexibility index (Phi) is 4.54. The molecule has 6 aromatic rings. The molecular weight excluding hydrogens is 433 g/mol. The topological polar surface area (TPSA) is 105 Å². The van der Waals surface area contributed by atoms with Crippen LogP contribution in [-0.2, 0) is 0 Å². The van der Waals surface area contributed by atoms with Gasteiger partial charge in [0.1, 0.15) is 17.3 Å². The lowest BCUT2D eigenvalue weighted by Crippen LogP contribution is -1.89. The fourth-order valence-corrected chi connectivity index (χ4v) is 4.07. The molecule has 166 valence electrons. The molecule has 0 bridgehead atoms. The van der Waals surface area contributed by atoms with Gasteiger partial charge in [-0.05, 0) is 42.3 Å². The highest BCUT2D eigenvalue weighted by atomic mass is 19.1. The largest absolute Gasteiger partial charge is 0.495 e. The zero-order chi connectivity index (χ0) is 23.2. The number of imidazole rings is 1. The first kappa shape index (κ1) is 20.0. The number of aromatic amines is 2. The van der Waals surface area contributed by atoms with Crippen molar-refractivity contribution in [3.05, 3.63) is 72.7 Å². The predicted octanol–water partition coefficient (Wildman–Crippen LogP) is 5.08. The normalized spacial score (nSPS) is 11.4. The molecule has 0 fully saturated rings. The second-order valence-electron chi connectivity index (χ2n) is 7.99. The van der Waals surface area contributed by atoms with Crippen LogP contribution in [0.4, 0.5) is 4.39 Å². The molecule has 6 rings (SSSR count). The van der Waals surface area contributed by atoms with Gasteiger partial charge in [0.15, 0.2) is 5.82 Å². The molecule has 0 aliphatic heterocycles. The van der Waals surface area contributed by atoms with Crippen molar-refractivity contribution in [3.8, 4) is 39.7 Å². The summed E-state index contributed by atoms with van der Waals surface area (Å²) < 4.78 is 19.3. The number of benzene rings is 1. The minimum absolute atomic E-state index is 0.298. The van der Waals surface area contributed by atoms with Gasteiger partial charge in [0.05, 0.1) is 47.9 Å². The molecule has 0 aliphatic rings. The number of hydrogen-bond acceptors (Lipinski definition) is 6. The van der Waals surface area contributed by atoms with E-state index < -0.39 is 0 Å². The van der Waals surface area contributed by atoms with E-state index in [1.54, 1.807) is 38.1 Å². The first-order valence-corrected chi connectivity index (χ1v) is 10.5. The van der Waals surface area contributed by atoms with Gasteiger partial charge in [-0.2, -0.15) is 5.10 Å². The van der Waals surface area contributed by atoms with E-state index >= 15 is 0 Å². The standard InChI is InChI=1S/C25H18FN7O/c1-13-3-14(5-16(26)4-13)19-10-28-11-22-23(19)31-25(30-22)24-18-7-20(29-12-21(18)32-33-24)15-6-17(34-2)9-27-8-15/h3-12H,1-2H3,(H,30,31)(H,32,33). The van der Waals surface area contributed by atoms with Gasteiger partial charge >= 0.3 is 0 Å². The summed E-state index contributed by atoms with van der Waals surface area (Å²) in [5, 5.41) is 8.35. The molecule has 0 atom stereocenters.